The third-order valence-corrected chi connectivity index (χ3v) is 4.10. The summed E-state index contributed by atoms with van der Waals surface area (Å²) in [5.41, 5.74) is 0. The first-order valence-corrected chi connectivity index (χ1v) is 6.80. The molecular formula is C11H11ClN2O4S. The predicted molar refractivity (Wildman–Crippen MR) is 69.4 cm³/mol. The van der Waals surface area contributed by atoms with E-state index in [9.17, 15) is 14.4 Å². The average molecular weight is 303 g/mol. The van der Waals surface area contributed by atoms with Gasteiger partial charge in [0.25, 0.3) is 5.91 Å². The summed E-state index contributed by atoms with van der Waals surface area (Å²) in [5, 5.41) is 13.4. The average Bonchev–Trinajstić information content (AvgIpc) is 2.77. The van der Waals surface area contributed by atoms with E-state index >= 15 is 0 Å². The molecule has 0 spiro atoms. The van der Waals surface area contributed by atoms with E-state index in [-0.39, 0.29) is 6.54 Å². The fourth-order valence-electron chi connectivity index (χ4n) is 1.90. The van der Waals surface area contributed by atoms with Gasteiger partial charge >= 0.3 is 5.97 Å². The molecule has 0 aromatic carbocycles. The highest BCUT2D eigenvalue weighted by atomic mass is 35.5. The first kappa shape index (κ1) is 13.8. The normalized spacial score (nSPS) is 19.1. The van der Waals surface area contributed by atoms with E-state index in [1.807, 2.05) is 0 Å². The van der Waals surface area contributed by atoms with Crippen LogP contribution in [0.15, 0.2) is 11.4 Å². The number of nitrogens with zero attached hydrogens (tertiary/aromatic N) is 1. The summed E-state index contributed by atoms with van der Waals surface area (Å²) in [5.74, 6) is -1.98. The van der Waals surface area contributed by atoms with Crippen molar-refractivity contribution in [2.75, 3.05) is 13.1 Å². The molecule has 2 heterocycles. The Bertz CT molecular complexity index is 531. The third kappa shape index (κ3) is 2.87. The van der Waals surface area contributed by atoms with E-state index in [4.69, 9.17) is 16.7 Å². The molecule has 1 atom stereocenters. The molecule has 0 bridgehead atoms. The molecule has 1 saturated heterocycles. The zero-order valence-corrected chi connectivity index (χ0v) is 11.3. The van der Waals surface area contributed by atoms with E-state index in [0.29, 0.717) is 16.4 Å². The molecule has 8 heteroatoms. The van der Waals surface area contributed by atoms with Crippen LogP contribution in [-0.4, -0.2) is 46.9 Å². The number of aliphatic carboxylic acids is 1. The molecule has 102 valence electrons. The lowest BCUT2D eigenvalue weighted by Gasteiger charge is -2.34. The van der Waals surface area contributed by atoms with Gasteiger partial charge in [0.05, 0.1) is 11.4 Å². The second kappa shape index (κ2) is 5.58. The summed E-state index contributed by atoms with van der Waals surface area (Å²) in [4.78, 5) is 36.4. The van der Waals surface area contributed by atoms with Crippen molar-refractivity contribution in [2.24, 2.45) is 0 Å². The highest BCUT2D eigenvalue weighted by Crippen LogP contribution is 2.25. The number of nitrogens with one attached hydrogen (secondary N) is 1. The van der Waals surface area contributed by atoms with Crippen LogP contribution in [0, 0.1) is 0 Å². The largest absolute Gasteiger partial charge is 0.481 e. The van der Waals surface area contributed by atoms with E-state index in [1.165, 1.54) is 16.2 Å². The van der Waals surface area contributed by atoms with Crippen molar-refractivity contribution in [1.29, 1.82) is 0 Å². The molecule has 1 aliphatic rings. The van der Waals surface area contributed by atoms with Gasteiger partial charge in [-0.1, -0.05) is 11.6 Å². The van der Waals surface area contributed by atoms with Crippen molar-refractivity contribution in [1.82, 2.24) is 10.2 Å². The van der Waals surface area contributed by atoms with Crippen molar-refractivity contribution < 1.29 is 19.5 Å². The number of halogens is 1. The molecule has 0 radical (unpaired) electrons. The van der Waals surface area contributed by atoms with Gasteiger partial charge < -0.3 is 15.3 Å². The van der Waals surface area contributed by atoms with Crippen molar-refractivity contribution in [3.63, 3.8) is 0 Å². The number of carboxylic acids is 1. The van der Waals surface area contributed by atoms with Crippen LogP contribution in [0.2, 0.25) is 5.02 Å². The second-order valence-corrected chi connectivity index (χ2v) is 5.32. The maximum Gasteiger partial charge on any atom is 0.305 e. The van der Waals surface area contributed by atoms with Gasteiger partial charge in [0.15, 0.2) is 0 Å². The Kier molecular flexibility index (Phi) is 4.06. The van der Waals surface area contributed by atoms with Crippen LogP contribution in [0.5, 0.6) is 0 Å². The summed E-state index contributed by atoms with van der Waals surface area (Å²) >= 11 is 7.06. The smallest absolute Gasteiger partial charge is 0.305 e. The number of thiophene rings is 1. The number of carbonyl (C=O) groups excluding carboxylic acids is 2. The van der Waals surface area contributed by atoms with Crippen LogP contribution >= 0.6 is 22.9 Å². The van der Waals surface area contributed by atoms with Crippen LogP contribution in [0.3, 0.4) is 0 Å². The highest BCUT2D eigenvalue weighted by molar-refractivity contribution is 7.12. The fourth-order valence-corrected chi connectivity index (χ4v) is 2.99. The molecule has 1 aromatic rings. The standard InChI is InChI=1S/C11H11ClN2O4S/c12-6-1-4-19-9(6)11(18)14-3-2-13-10(17)7(14)5-8(15)16/h1,4,7H,2-3,5H2,(H,13,17)(H,15,16). The van der Waals surface area contributed by atoms with Crippen molar-refractivity contribution >= 4 is 40.7 Å². The molecule has 6 nitrogen and oxygen atoms in total. The highest BCUT2D eigenvalue weighted by Gasteiger charge is 2.36. The predicted octanol–water partition coefficient (Wildman–Crippen LogP) is 0.817. The minimum atomic E-state index is -1.13. The third-order valence-electron chi connectivity index (χ3n) is 2.77. The van der Waals surface area contributed by atoms with E-state index in [2.05, 4.69) is 5.32 Å². The first-order chi connectivity index (χ1) is 9.00. The zero-order chi connectivity index (χ0) is 14.0. The maximum atomic E-state index is 12.3. The molecule has 0 saturated carbocycles. The summed E-state index contributed by atoms with van der Waals surface area (Å²) in [7, 11) is 0. The van der Waals surface area contributed by atoms with Crippen LogP contribution < -0.4 is 5.32 Å². The van der Waals surface area contributed by atoms with Gasteiger partial charge in [-0.05, 0) is 11.4 Å². The summed E-state index contributed by atoms with van der Waals surface area (Å²) in [6.07, 6.45) is -0.416. The lowest BCUT2D eigenvalue weighted by atomic mass is 10.1. The quantitative estimate of drug-likeness (QED) is 0.865. The Morgan fingerprint density at radius 1 is 1.58 bits per heavy atom. The van der Waals surface area contributed by atoms with Gasteiger partial charge in [-0.3, -0.25) is 14.4 Å². The van der Waals surface area contributed by atoms with Gasteiger partial charge in [0.1, 0.15) is 10.9 Å². The van der Waals surface area contributed by atoms with Gasteiger partial charge in [-0.25, -0.2) is 0 Å². The van der Waals surface area contributed by atoms with Gasteiger partial charge in [-0.15, -0.1) is 11.3 Å². The van der Waals surface area contributed by atoms with Gasteiger partial charge in [-0.2, -0.15) is 0 Å². The van der Waals surface area contributed by atoms with E-state index < -0.39 is 30.2 Å². The number of carbonyl (C=O) groups is 3. The number of rotatable bonds is 3. The van der Waals surface area contributed by atoms with Gasteiger partial charge in [0, 0.05) is 13.1 Å². The Balaban J connectivity index is 2.25. The lowest BCUT2D eigenvalue weighted by Crippen LogP contribution is -2.57. The number of hydrogen-bond donors (Lipinski definition) is 2. The molecule has 1 aromatic heterocycles. The van der Waals surface area contributed by atoms with Crippen molar-refractivity contribution in [2.45, 2.75) is 12.5 Å². The Hall–Kier alpha value is -1.60. The molecule has 0 aliphatic carbocycles. The molecule has 2 N–H and O–H groups in total. The summed E-state index contributed by atoms with van der Waals surface area (Å²) in [6, 6.07) is 0.604. The fraction of sp³-hybridized carbons (Fsp3) is 0.364. The number of amides is 2. The number of carboxylic acid groups (broad SMARTS) is 1. The number of piperazine rings is 1. The molecule has 19 heavy (non-hydrogen) atoms. The van der Waals surface area contributed by atoms with Crippen LogP contribution in [0.25, 0.3) is 0 Å². The lowest BCUT2D eigenvalue weighted by molar-refractivity contribution is -0.142. The topological polar surface area (TPSA) is 86.7 Å². The monoisotopic (exact) mass is 302 g/mol. The molecular weight excluding hydrogens is 292 g/mol. The van der Waals surface area contributed by atoms with Crippen LogP contribution in [0.4, 0.5) is 0 Å². The second-order valence-electron chi connectivity index (χ2n) is 4.00. The van der Waals surface area contributed by atoms with Crippen molar-refractivity contribution in [3.8, 4) is 0 Å². The Labute approximate surface area is 118 Å². The van der Waals surface area contributed by atoms with E-state index in [0.717, 1.165) is 0 Å². The summed E-state index contributed by atoms with van der Waals surface area (Å²) in [6.45, 7) is 0.584. The molecule has 1 aliphatic heterocycles. The SMILES string of the molecule is O=C(O)CC1C(=O)NCCN1C(=O)c1sccc1Cl. The number of hydrogen-bond acceptors (Lipinski definition) is 4. The maximum absolute atomic E-state index is 12.3. The molecule has 2 rings (SSSR count). The van der Waals surface area contributed by atoms with Gasteiger partial charge in [0.2, 0.25) is 5.91 Å². The summed E-state index contributed by atoms with van der Waals surface area (Å²) < 4.78 is 0. The first-order valence-electron chi connectivity index (χ1n) is 5.54. The van der Waals surface area contributed by atoms with Crippen LogP contribution in [-0.2, 0) is 9.59 Å². The minimum Gasteiger partial charge on any atom is -0.481 e. The molecule has 1 unspecified atom stereocenters. The van der Waals surface area contributed by atoms with Crippen LogP contribution in [0.1, 0.15) is 16.1 Å². The molecule has 1 fully saturated rings. The minimum absolute atomic E-state index is 0.275. The zero-order valence-electron chi connectivity index (χ0n) is 9.76. The Morgan fingerprint density at radius 3 is 2.89 bits per heavy atom. The molecule has 2 amide bonds. The van der Waals surface area contributed by atoms with Crippen molar-refractivity contribution in [3.05, 3.63) is 21.3 Å². The van der Waals surface area contributed by atoms with E-state index in [1.54, 1.807) is 11.4 Å². The Morgan fingerprint density at radius 2 is 2.32 bits per heavy atom.